The van der Waals surface area contributed by atoms with Gasteiger partial charge in [-0.3, -0.25) is 14.9 Å². The Morgan fingerprint density at radius 3 is 2.26 bits per heavy atom. The number of imide groups is 2. The molecule has 0 atom stereocenters. The van der Waals surface area contributed by atoms with Gasteiger partial charge in [0.15, 0.2) is 0 Å². The van der Waals surface area contributed by atoms with E-state index in [-0.39, 0.29) is 5.57 Å². The van der Waals surface area contributed by atoms with Gasteiger partial charge in [0.25, 0.3) is 11.8 Å². The van der Waals surface area contributed by atoms with E-state index in [9.17, 15) is 14.4 Å². The zero-order valence-corrected chi connectivity index (χ0v) is 17.8. The molecule has 0 bridgehead atoms. The van der Waals surface area contributed by atoms with E-state index in [1.807, 2.05) is 24.3 Å². The van der Waals surface area contributed by atoms with E-state index in [0.29, 0.717) is 23.6 Å². The highest BCUT2D eigenvalue weighted by atomic mass is 79.9. The van der Waals surface area contributed by atoms with Crippen molar-refractivity contribution in [3.63, 3.8) is 0 Å². The van der Waals surface area contributed by atoms with E-state index >= 15 is 0 Å². The lowest BCUT2D eigenvalue weighted by atomic mass is 10.1. The fourth-order valence-electron chi connectivity index (χ4n) is 3.07. The first-order chi connectivity index (χ1) is 15.0. The van der Waals surface area contributed by atoms with Crippen molar-refractivity contribution in [2.75, 3.05) is 4.90 Å². The van der Waals surface area contributed by atoms with E-state index in [0.717, 1.165) is 14.9 Å². The van der Waals surface area contributed by atoms with Gasteiger partial charge in [0.1, 0.15) is 17.9 Å². The van der Waals surface area contributed by atoms with Crippen molar-refractivity contribution in [3.05, 3.63) is 100 Å². The van der Waals surface area contributed by atoms with Gasteiger partial charge in [-0.15, -0.1) is 0 Å². The van der Waals surface area contributed by atoms with Crippen LogP contribution in [-0.2, 0) is 16.2 Å². The van der Waals surface area contributed by atoms with Crippen LogP contribution < -0.4 is 15.0 Å². The van der Waals surface area contributed by atoms with Crippen LogP contribution >= 0.6 is 15.9 Å². The van der Waals surface area contributed by atoms with E-state index in [1.165, 1.54) is 6.08 Å². The molecule has 0 unspecified atom stereocenters. The van der Waals surface area contributed by atoms with Crippen molar-refractivity contribution in [1.29, 1.82) is 0 Å². The van der Waals surface area contributed by atoms with Crippen LogP contribution in [0.25, 0.3) is 6.08 Å². The number of nitrogens with zero attached hydrogens (tertiary/aromatic N) is 1. The van der Waals surface area contributed by atoms with Gasteiger partial charge in [-0.2, -0.15) is 0 Å². The Morgan fingerprint density at radius 2 is 1.55 bits per heavy atom. The van der Waals surface area contributed by atoms with Crippen LogP contribution in [-0.4, -0.2) is 17.8 Å². The normalized spacial score (nSPS) is 15.2. The zero-order valence-electron chi connectivity index (χ0n) is 16.2. The molecule has 6 nitrogen and oxygen atoms in total. The second kappa shape index (κ2) is 8.97. The summed E-state index contributed by atoms with van der Waals surface area (Å²) in [5.74, 6) is -0.746. The average Bonchev–Trinajstić information content (AvgIpc) is 2.77. The molecule has 4 amide bonds. The molecule has 0 saturated carbocycles. The zero-order chi connectivity index (χ0) is 21.8. The standard InChI is InChI=1S/C24H17BrN2O4/c25-21-9-5-4-6-17(21)15-31-19-12-10-16(11-13-19)14-20-22(28)26-24(30)27(23(20)29)18-7-2-1-3-8-18/h1-14H,15H2,(H,26,28,30)/b20-14+. The maximum atomic E-state index is 12.9. The number of benzene rings is 3. The minimum Gasteiger partial charge on any atom is -0.489 e. The molecule has 7 heteroatoms. The lowest BCUT2D eigenvalue weighted by Gasteiger charge is -2.26. The predicted molar refractivity (Wildman–Crippen MR) is 120 cm³/mol. The number of carbonyl (C=O) groups excluding carboxylic acids is 3. The van der Waals surface area contributed by atoms with Crippen LogP contribution in [0.5, 0.6) is 5.75 Å². The summed E-state index contributed by atoms with van der Waals surface area (Å²) in [6, 6.07) is 22.5. The van der Waals surface area contributed by atoms with Gasteiger partial charge in [-0.25, -0.2) is 9.69 Å². The van der Waals surface area contributed by atoms with Crippen LogP contribution in [0.15, 0.2) is 88.9 Å². The number of para-hydroxylation sites is 1. The second-order valence-electron chi connectivity index (χ2n) is 6.74. The summed E-state index contributed by atoms with van der Waals surface area (Å²) < 4.78 is 6.77. The molecule has 4 rings (SSSR count). The quantitative estimate of drug-likeness (QED) is 0.427. The Labute approximate surface area is 187 Å². The molecule has 3 aromatic carbocycles. The summed E-state index contributed by atoms with van der Waals surface area (Å²) in [5, 5.41) is 2.21. The van der Waals surface area contributed by atoms with Gasteiger partial charge in [0.05, 0.1) is 5.69 Å². The molecular formula is C24H17BrN2O4. The number of halogens is 1. The number of rotatable bonds is 5. The van der Waals surface area contributed by atoms with Crippen LogP contribution in [0.1, 0.15) is 11.1 Å². The van der Waals surface area contributed by atoms with E-state index in [2.05, 4.69) is 21.2 Å². The number of ether oxygens (including phenoxy) is 1. The lowest BCUT2D eigenvalue weighted by Crippen LogP contribution is -2.54. The molecule has 1 aliphatic rings. The van der Waals surface area contributed by atoms with E-state index < -0.39 is 17.8 Å². The first-order valence-electron chi connectivity index (χ1n) is 9.46. The maximum absolute atomic E-state index is 12.9. The summed E-state index contributed by atoms with van der Waals surface area (Å²) in [4.78, 5) is 38.3. The minimum absolute atomic E-state index is 0.120. The third kappa shape index (κ3) is 4.57. The molecule has 3 aromatic rings. The summed E-state index contributed by atoms with van der Waals surface area (Å²) in [6.45, 7) is 0.400. The molecule has 154 valence electrons. The van der Waals surface area contributed by atoms with Gasteiger partial charge in [0.2, 0.25) is 0 Å². The Bertz CT molecular complexity index is 1170. The van der Waals surface area contributed by atoms with Crippen molar-refractivity contribution >= 4 is 45.5 Å². The third-order valence-electron chi connectivity index (χ3n) is 4.66. The number of hydrogen-bond acceptors (Lipinski definition) is 4. The number of amides is 4. The first-order valence-corrected chi connectivity index (χ1v) is 10.2. The number of nitrogens with one attached hydrogen (secondary N) is 1. The highest BCUT2D eigenvalue weighted by Crippen LogP contribution is 2.23. The Morgan fingerprint density at radius 1 is 0.871 bits per heavy atom. The van der Waals surface area contributed by atoms with Crippen molar-refractivity contribution in [3.8, 4) is 5.75 Å². The van der Waals surface area contributed by atoms with E-state index in [1.54, 1.807) is 54.6 Å². The second-order valence-corrected chi connectivity index (χ2v) is 7.60. The number of barbiturate groups is 1. The summed E-state index contributed by atoms with van der Waals surface area (Å²) in [7, 11) is 0. The van der Waals surface area contributed by atoms with Crippen LogP contribution in [0.3, 0.4) is 0 Å². The van der Waals surface area contributed by atoms with Gasteiger partial charge in [0, 0.05) is 10.0 Å². The molecule has 1 fully saturated rings. The SMILES string of the molecule is O=C1NC(=O)N(c2ccccc2)C(=O)/C1=C/c1ccc(OCc2ccccc2Br)cc1. The Kier molecular flexibility index (Phi) is 5.95. The molecule has 0 spiro atoms. The Balaban J connectivity index is 1.52. The fourth-order valence-corrected chi connectivity index (χ4v) is 3.47. The largest absolute Gasteiger partial charge is 0.489 e. The summed E-state index contributed by atoms with van der Waals surface area (Å²) in [6.07, 6.45) is 1.46. The number of hydrogen-bond donors (Lipinski definition) is 1. The van der Waals surface area contributed by atoms with Gasteiger partial charge in [-0.1, -0.05) is 64.5 Å². The van der Waals surface area contributed by atoms with Gasteiger partial charge >= 0.3 is 6.03 Å². The number of anilines is 1. The van der Waals surface area contributed by atoms with Crippen LogP contribution in [0.4, 0.5) is 10.5 Å². The molecule has 0 radical (unpaired) electrons. The van der Waals surface area contributed by atoms with Crippen molar-refractivity contribution < 1.29 is 19.1 Å². The van der Waals surface area contributed by atoms with Crippen LogP contribution in [0, 0.1) is 0 Å². The third-order valence-corrected chi connectivity index (χ3v) is 5.43. The fraction of sp³-hybridized carbons (Fsp3) is 0.0417. The highest BCUT2D eigenvalue weighted by Gasteiger charge is 2.36. The summed E-state index contributed by atoms with van der Waals surface area (Å²) in [5.41, 5.74) is 1.92. The molecule has 1 saturated heterocycles. The van der Waals surface area contributed by atoms with Crippen molar-refractivity contribution in [2.24, 2.45) is 0 Å². The molecule has 1 heterocycles. The van der Waals surface area contributed by atoms with Crippen molar-refractivity contribution in [1.82, 2.24) is 5.32 Å². The Hall–Kier alpha value is -3.71. The highest BCUT2D eigenvalue weighted by molar-refractivity contribution is 9.10. The van der Waals surface area contributed by atoms with Crippen molar-refractivity contribution in [2.45, 2.75) is 6.61 Å². The number of carbonyl (C=O) groups is 3. The lowest BCUT2D eigenvalue weighted by molar-refractivity contribution is -0.122. The molecule has 1 N–H and O–H groups in total. The minimum atomic E-state index is -0.769. The van der Waals surface area contributed by atoms with Gasteiger partial charge < -0.3 is 4.74 Å². The van der Waals surface area contributed by atoms with Gasteiger partial charge in [-0.05, 0) is 42.0 Å². The summed E-state index contributed by atoms with van der Waals surface area (Å²) >= 11 is 3.49. The molecule has 0 aromatic heterocycles. The average molecular weight is 477 g/mol. The first kappa shape index (κ1) is 20.6. The molecule has 0 aliphatic carbocycles. The smallest absolute Gasteiger partial charge is 0.335 e. The molecule has 31 heavy (non-hydrogen) atoms. The molecule has 1 aliphatic heterocycles. The maximum Gasteiger partial charge on any atom is 0.335 e. The van der Waals surface area contributed by atoms with Crippen LogP contribution in [0.2, 0.25) is 0 Å². The predicted octanol–water partition coefficient (Wildman–Crippen LogP) is 4.69. The topological polar surface area (TPSA) is 75.7 Å². The number of urea groups is 1. The monoisotopic (exact) mass is 476 g/mol. The van der Waals surface area contributed by atoms with E-state index in [4.69, 9.17) is 4.74 Å². The molecular weight excluding hydrogens is 460 g/mol.